The van der Waals surface area contributed by atoms with Crippen molar-refractivity contribution in [2.75, 3.05) is 5.32 Å². The number of fused-ring (bicyclic) bond motifs is 1. The molecule has 2 heterocycles. The number of hydrogen-bond donors (Lipinski definition) is 1. The number of anilines is 1. The molecule has 0 aliphatic carbocycles. The molecule has 0 bridgehead atoms. The van der Waals surface area contributed by atoms with E-state index in [1.54, 1.807) is 24.3 Å². The molecule has 6 heteroatoms. The average molecular weight is 266 g/mol. The van der Waals surface area contributed by atoms with Crippen LogP contribution in [-0.2, 0) is 0 Å². The van der Waals surface area contributed by atoms with Crippen molar-refractivity contribution in [2.24, 2.45) is 0 Å². The van der Waals surface area contributed by atoms with Crippen LogP contribution in [-0.4, -0.2) is 20.3 Å². The number of hydrogen-bond acceptors (Lipinski definition) is 4. The second-order valence-electron chi connectivity index (χ2n) is 4.10. The van der Waals surface area contributed by atoms with E-state index >= 15 is 0 Å². The lowest BCUT2D eigenvalue weighted by atomic mass is 10.2. The highest BCUT2D eigenvalue weighted by molar-refractivity contribution is 6.04. The summed E-state index contributed by atoms with van der Waals surface area (Å²) >= 11 is 0. The Bertz CT molecular complexity index is 827. The Morgan fingerprint density at radius 2 is 1.95 bits per heavy atom. The fourth-order valence-corrected chi connectivity index (χ4v) is 1.81. The number of nitrogens with one attached hydrogen (secondary N) is 1. The molecule has 1 amide bonds. The first-order valence-corrected chi connectivity index (χ1v) is 5.93. The van der Waals surface area contributed by atoms with Gasteiger partial charge in [0.15, 0.2) is 5.65 Å². The van der Waals surface area contributed by atoms with E-state index in [4.69, 9.17) is 0 Å². The van der Waals surface area contributed by atoms with Crippen molar-refractivity contribution < 1.29 is 4.79 Å². The van der Waals surface area contributed by atoms with Crippen molar-refractivity contribution in [3.63, 3.8) is 0 Å². The van der Waals surface area contributed by atoms with E-state index in [1.165, 1.54) is 29.2 Å². The molecule has 1 N–H and O–H groups in total. The maximum Gasteiger partial charge on any atom is 0.281 e. The molecule has 0 saturated heterocycles. The van der Waals surface area contributed by atoms with Gasteiger partial charge in [-0.1, -0.05) is 18.2 Å². The van der Waals surface area contributed by atoms with Gasteiger partial charge in [0.05, 0.1) is 12.4 Å². The molecular weight excluding hydrogens is 256 g/mol. The topological polar surface area (TPSA) is 76.4 Å². The normalized spacial score (nSPS) is 10.4. The SMILES string of the molecule is O=C(Nc1cnc2cnccn2c1=O)c1ccccc1. The number of aromatic nitrogens is 3. The number of benzene rings is 1. The van der Waals surface area contributed by atoms with Gasteiger partial charge >= 0.3 is 0 Å². The highest BCUT2D eigenvalue weighted by atomic mass is 16.2. The summed E-state index contributed by atoms with van der Waals surface area (Å²) in [6.07, 6.45) is 5.80. The highest BCUT2D eigenvalue weighted by Gasteiger charge is 2.09. The Hall–Kier alpha value is -3.02. The Morgan fingerprint density at radius 3 is 2.75 bits per heavy atom. The van der Waals surface area contributed by atoms with Gasteiger partial charge in [-0.25, -0.2) is 4.98 Å². The van der Waals surface area contributed by atoms with E-state index < -0.39 is 0 Å². The third-order valence-corrected chi connectivity index (χ3v) is 2.80. The Balaban J connectivity index is 1.98. The highest BCUT2D eigenvalue weighted by Crippen LogP contribution is 2.04. The minimum absolute atomic E-state index is 0.127. The first kappa shape index (κ1) is 12.0. The minimum Gasteiger partial charge on any atom is -0.316 e. The standard InChI is InChI=1S/C14H10N4O2/c19-13(10-4-2-1-3-5-10)17-11-8-16-12-9-15-6-7-18(12)14(11)20/h1-9H,(H,17,19). The number of carbonyl (C=O) groups excluding carboxylic acids is 1. The van der Waals surface area contributed by atoms with Crippen molar-refractivity contribution >= 4 is 17.2 Å². The minimum atomic E-state index is -0.349. The summed E-state index contributed by atoms with van der Waals surface area (Å²) in [6, 6.07) is 8.67. The third kappa shape index (κ3) is 2.14. The summed E-state index contributed by atoms with van der Waals surface area (Å²) in [5.41, 5.74) is 0.686. The quantitative estimate of drug-likeness (QED) is 0.759. The van der Waals surface area contributed by atoms with Gasteiger partial charge in [-0.05, 0) is 12.1 Å². The molecule has 0 radical (unpaired) electrons. The molecule has 98 valence electrons. The van der Waals surface area contributed by atoms with Crippen LogP contribution >= 0.6 is 0 Å². The zero-order valence-electron chi connectivity index (χ0n) is 10.4. The lowest BCUT2D eigenvalue weighted by Gasteiger charge is -2.05. The molecular formula is C14H10N4O2. The first-order chi connectivity index (χ1) is 9.75. The van der Waals surface area contributed by atoms with Crippen LogP contribution in [0, 0.1) is 0 Å². The summed E-state index contributed by atoms with van der Waals surface area (Å²) in [5.74, 6) is -0.349. The Labute approximate surface area is 113 Å². The first-order valence-electron chi connectivity index (χ1n) is 5.93. The van der Waals surface area contributed by atoms with Crippen LogP contribution in [0.15, 0.2) is 59.9 Å². The lowest BCUT2D eigenvalue weighted by Crippen LogP contribution is -2.23. The zero-order chi connectivity index (χ0) is 13.9. The van der Waals surface area contributed by atoms with Crippen molar-refractivity contribution in [3.05, 3.63) is 71.0 Å². The van der Waals surface area contributed by atoms with Gasteiger partial charge in [0.2, 0.25) is 0 Å². The Morgan fingerprint density at radius 1 is 1.15 bits per heavy atom. The monoisotopic (exact) mass is 266 g/mol. The van der Waals surface area contributed by atoms with Crippen molar-refractivity contribution in [2.45, 2.75) is 0 Å². The molecule has 0 saturated carbocycles. The predicted octanol–water partition coefficient (Wildman–Crippen LogP) is 1.34. The van der Waals surface area contributed by atoms with E-state index in [9.17, 15) is 9.59 Å². The Kier molecular flexibility index (Phi) is 2.96. The maximum absolute atomic E-state index is 12.2. The molecule has 0 spiro atoms. The van der Waals surface area contributed by atoms with Crippen LogP contribution in [0.3, 0.4) is 0 Å². The lowest BCUT2D eigenvalue weighted by molar-refractivity contribution is 0.102. The van der Waals surface area contributed by atoms with E-state index in [2.05, 4.69) is 15.3 Å². The molecule has 0 aliphatic heterocycles. The molecule has 3 rings (SSSR count). The van der Waals surface area contributed by atoms with Crippen molar-refractivity contribution in [1.29, 1.82) is 0 Å². The van der Waals surface area contributed by atoms with Crippen LogP contribution in [0.1, 0.15) is 10.4 Å². The molecule has 0 unspecified atom stereocenters. The van der Waals surface area contributed by atoms with Gasteiger partial charge < -0.3 is 5.32 Å². The predicted molar refractivity (Wildman–Crippen MR) is 73.7 cm³/mol. The van der Waals surface area contributed by atoms with Gasteiger partial charge in [-0.15, -0.1) is 0 Å². The average Bonchev–Trinajstić information content (AvgIpc) is 2.51. The summed E-state index contributed by atoms with van der Waals surface area (Å²) in [6.45, 7) is 0. The molecule has 1 aromatic carbocycles. The summed E-state index contributed by atoms with van der Waals surface area (Å²) in [7, 11) is 0. The zero-order valence-corrected chi connectivity index (χ0v) is 10.4. The molecule has 20 heavy (non-hydrogen) atoms. The second-order valence-corrected chi connectivity index (χ2v) is 4.10. The van der Waals surface area contributed by atoms with Crippen molar-refractivity contribution in [1.82, 2.24) is 14.4 Å². The molecule has 3 aromatic rings. The fraction of sp³-hybridized carbons (Fsp3) is 0. The van der Waals surface area contributed by atoms with Crippen LogP contribution in [0.4, 0.5) is 5.69 Å². The molecule has 6 nitrogen and oxygen atoms in total. The number of rotatable bonds is 2. The van der Waals surface area contributed by atoms with E-state index in [1.807, 2.05) is 6.07 Å². The number of nitrogens with zero attached hydrogens (tertiary/aromatic N) is 3. The molecule has 0 aliphatic rings. The van der Waals surface area contributed by atoms with Gasteiger partial charge in [-0.3, -0.25) is 19.0 Å². The number of carbonyl (C=O) groups is 1. The van der Waals surface area contributed by atoms with E-state index in [0.717, 1.165) is 0 Å². The molecule has 0 atom stereocenters. The van der Waals surface area contributed by atoms with Crippen LogP contribution in [0.5, 0.6) is 0 Å². The second kappa shape index (κ2) is 4.93. The smallest absolute Gasteiger partial charge is 0.281 e. The van der Waals surface area contributed by atoms with Crippen LogP contribution in [0.2, 0.25) is 0 Å². The van der Waals surface area contributed by atoms with Crippen molar-refractivity contribution in [3.8, 4) is 0 Å². The molecule has 2 aromatic heterocycles. The van der Waals surface area contributed by atoms with E-state index in [-0.39, 0.29) is 17.2 Å². The van der Waals surface area contributed by atoms with Gasteiger partial charge in [-0.2, -0.15) is 0 Å². The largest absolute Gasteiger partial charge is 0.316 e. The summed E-state index contributed by atoms with van der Waals surface area (Å²) < 4.78 is 1.33. The van der Waals surface area contributed by atoms with E-state index in [0.29, 0.717) is 11.2 Å². The van der Waals surface area contributed by atoms with Gasteiger partial charge in [0, 0.05) is 18.0 Å². The van der Waals surface area contributed by atoms with Crippen LogP contribution < -0.4 is 10.9 Å². The third-order valence-electron chi connectivity index (χ3n) is 2.80. The summed E-state index contributed by atoms with van der Waals surface area (Å²) in [5, 5.41) is 2.56. The molecule has 0 fully saturated rings. The summed E-state index contributed by atoms with van der Waals surface area (Å²) in [4.78, 5) is 32.1. The van der Waals surface area contributed by atoms with Gasteiger partial charge in [0.1, 0.15) is 5.69 Å². The number of amides is 1. The fourth-order valence-electron chi connectivity index (χ4n) is 1.81. The maximum atomic E-state index is 12.2. The van der Waals surface area contributed by atoms with Crippen LogP contribution in [0.25, 0.3) is 5.65 Å². The van der Waals surface area contributed by atoms with Gasteiger partial charge in [0.25, 0.3) is 11.5 Å².